The number of nitriles is 1. The number of phenols is 1. The highest BCUT2D eigenvalue weighted by molar-refractivity contribution is 7.17. The molecule has 0 saturated carbocycles. The van der Waals surface area contributed by atoms with Crippen LogP contribution in [0.4, 0.5) is 5.69 Å². The van der Waals surface area contributed by atoms with Crippen molar-refractivity contribution in [3.8, 4) is 11.8 Å². The maximum Gasteiger partial charge on any atom is 0.119 e. The Labute approximate surface area is 85.0 Å². The third-order valence-corrected chi connectivity index (χ3v) is 3.01. The number of nitrogens with two attached hydrogens (primary N) is 1. The standard InChI is InChI=1S/C10H8N2OS/c11-2-1-6-5-14-9-4-7(13)3-8(12)10(6)9/h3-5,13H,1,12H2. The molecule has 0 unspecified atom stereocenters. The van der Waals surface area contributed by atoms with E-state index in [1.54, 1.807) is 6.07 Å². The first kappa shape index (κ1) is 8.85. The summed E-state index contributed by atoms with van der Waals surface area (Å²) in [4.78, 5) is 0. The maximum atomic E-state index is 9.31. The number of phenolic OH excluding ortho intramolecular Hbond substituents is 1. The van der Waals surface area contributed by atoms with Crippen LogP contribution in [0.15, 0.2) is 17.5 Å². The minimum absolute atomic E-state index is 0.167. The SMILES string of the molecule is N#CCc1csc2cc(O)cc(N)c12. The van der Waals surface area contributed by atoms with Crippen molar-refractivity contribution in [3.63, 3.8) is 0 Å². The summed E-state index contributed by atoms with van der Waals surface area (Å²) in [5.74, 6) is 0.167. The highest BCUT2D eigenvalue weighted by Crippen LogP contribution is 2.34. The van der Waals surface area contributed by atoms with Crippen molar-refractivity contribution in [2.45, 2.75) is 6.42 Å². The molecule has 14 heavy (non-hydrogen) atoms. The normalized spacial score (nSPS) is 10.2. The smallest absolute Gasteiger partial charge is 0.119 e. The van der Waals surface area contributed by atoms with Crippen molar-refractivity contribution < 1.29 is 5.11 Å². The number of hydrogen-bond acceptors (Lipinski definition) is 4. The summed E-state index contributed by atoms with van der Waals surface area (Å²) in [6.07, 6.45) is 0.356. The van der Waals surface area contributed by atoms with Crippen molar-refractivity contribution in [2.75, 3.05) is 5.73 Å². The second kappa shape index (κ2) is 3.20. The molecule has 1 aromatic heterocycles. The van der Waals surface area contributed by atoms with Crippen LogP contribution in [0.5, 0.6) is 5.75 Å². The molecule has 0 amide bonds. The first-order valence-corrected chi connectivity index (χ1v) is 4.96. The highest BCUT2D eigenvalue weighted by Gasteiger charge is 2.08. The number of hydrogen-bond donors (Lipinski definition) is 2. The fourth-order valence-electron chi connectivity index (χ4n) is 1.47. The molecule has 2 aromatic rings. The van der Waals surface area contributed by atoms with Gasteiger partial charge in [-0.2, -0.15) is 5.26 Å². The molecule has 0 aliphatic heterocycles. The zero-order chi connectivity index (χ0) is 10.1. The molecule has 0 fully saturated rings. The second-order valence-corrected chi connectivity index (χ2v) is 3.92. The quantitative estimate of drug-likeness (QED) is 0.700. The van der Waals surface area contributed by atoms with E-state index in [1.165, 1.54) is 17.4 Å². The van der Waals surface area contributed by atoms with Crippen LogP contribution >= 0.6 is 11.3 Å². The van der Waals surface area contributed by atoms with Crippen molar-refractivity contribution in [1.29, 1.82) is 5.26 Å². The largest absolute Gasteiger partial charge is 0.508 e. The van der Waals surface area contributed by atoms with Gasteiger partial charge in [0.1, 0.15) is 5.75 Å². The zero-order valence-electron chi connectivity index (χ0n) is 7.32. The molecule has 70 valence electrons. The number of rotatable bonds is 1. The third-order valence-electron chi connectivity index (χ3n) is 2.04. The molecule has 1 aromatic carbocycles. The Morgan fingerprint density at radius 1 is 1.50 bits per heavy atom. The summed E-state index contributed by atoms with van der Waals surface area (Å²) in [6.45, 7) is 0. The van der Waals surface area contributed by atoms with E-state index in [4.69, 9.17) is 11.0 Å². The summed E-state index contributed by atoms with van der Waals surface area (Å²) >= 11 is 1.49. The van der Waals surface area contributed by atoms with Gasteiger partial charge in [0.05, 0.1) is 12.5 Å². The number of aromatic hydroxyl groups is 1. The van der Waals surface area contributed by atoms with Crippen LogP contribution in [0.25, 0.3) is 10.1 Å². The van der Waals surface area contributed by atoms with Gasteiger partial charge in [-0.25, -0.2) is 0 Å². The van der Waals surface area contributed by atoms with Gasteiger partial charge in [0.25, 0.3) is 0 Å². The average Bonchev–Trinajstić information content (AvgIpc) is 2.49. The highest BCUT2D eigenvalue weighted by atomic mass is 32.1. The van der Waals surface area contributed by atoms with Gasteiger partial charge in [-0.1, -0.05) is 0 Å². The van der Waals surface area contributed by atoms with Gasteiger partial charge < -0.3 is 10.8 Å². The molecule has 0 radical (unpaired) electrons. The molecule has 4 heteroatoms. The van der Waals surface area contributed by atoms with E-state index in [9.17, 15) is 5.11 Å². The van der Waals surface area contributed by atoms with Crippen LogP contribution in [0.3, 0.4) is 0 Å². The predicted octanol–water partition coefficient (Wildman–Crippen LogP) is 2.26. The summed E-state index contributed by atoms with van der Waals surface area (Å²) in [7, 11) is 0. The van der Waals surface area contributed by atoms with Crippen LogP contribution < -0.4 is 5.73 Å². The van der Waals surface area contributed by atoms with Crippen LogP contribution in [0, 0.1) is 11.3 Å². The third kappa shape index (κ3) is 1.28. The molecule has 0 atom stereocenters. The minimum Gasteiger partial charge on any atom is -0.508 e. The molecule has 0 aliphatic carbocycles. The lowest BCUT2D eigenvalue weighted by Crippen LogP contribution is -1.87. The average molecular weight is 204 g/mol. The molecule has 0 saturated heterocycles. The van der Waals surface area contributed by atoms with Gasteiger partial charge in [-0.05, 0) is 17.0 Å². The van der Waals surface area contributed by atoms with E-state index < -0.39 is 0 Å². The van der Waals surface area contributed by atoms with E-state index in [0.29, 0.717) is 12.1 Å². The molecular formula is C10H8N2OS. The molecular weight excluding hydrogens is 196 g/mol. The molecule has 3 nitrogen and oxygen atoms in total. The molecule has 0 aliphatic rings. The van der Waals surface area contributed by atoms with Gasteiger partial charge in [-0.3, -0.25) is 0 Å². The van der Waals surface area contributed by atoms with Gasteiger partial charge in [0.2, 0.25) is 0 Å². The number of thiophene rings is 1. The molecule has 1 heterocycles. The van der Waals surface area contributed by atoms with Gasteiger partial charge in [0, 0.05) is 21.8 Å². The Bertz CT molecular complexity index is 525. The van der Waals surface area contributed by atoms with E-state index in [2.05, 4.69) is 6.07 Å². The van der Waals surface area contributed by atoms with Gasteiger partial charge in [0.15, 0.2) is 0 Å². The summed E-state index contributed by atoms with van der Waals surface area (Å²) < 4.78 is 0.924. The molecule has 0 spiro atoms. The van der Waals surface area contributed by atoms with Crippen molar-refractivity contribution >= 4 is 27.1 Å². The van der Waals surface area contributed by atoms with E-state index in [1.807, 2.05) is 5.38 Å². The predicted molar refractivity (Wildman–Crippen MR) is 57.2 cm³/mol. The fraction of sp³-hybridized carbons (Fsp3) is 0.100. The van der Waals surface area contributed by atoms with Crippen molar-refractivity contribution in [1.82, 2.24) is 0 Å². The van der Waals surface area contributed by atoms with E-state index in [-0.39, 0.29) is 5.75 Å². The number of benzene rings is 1. The summed E-state index contributed by atoms with van der Waals surface area (Å²) in [6, 6.07) is 5.27. The van der Waals surface area contributed by atoms with Crippen LogP contribution in [-0.4, -0.2) is 5.11 Å². The molecule has 2 rings (SSSR count). The second-order valence-electron chi connectivity index (χ2n) is 3.00. The topological polar surface area (TPSA) is 70.0 Å². The van der Waals surface area contributed by atoms with Crippen molar-refractivity contribution in [2.24, 2.45) is 0 Å². The Balaban J connectivity index is 2.74. The van der Waals surface area contributed by atoms with Gasteiger partial charge >= 0.3 is 0 Å². The first-order valence-electron chi connectivity index (χ1n) is 4.08. The minimum atomic E-state index is 0.167. The van der Waals surface area contributed by atoms with E-state index >= 15 is 0 Å². The molecule has 0 bridgehead atoms. The molecule has 3 N–H and O–H groups in total. The monoisotopic (exact) mass is 204 g/mol. The number of nitrogen functional groups attached to an aromatic ring is 1. The lowest BCUT2D eigenvalue weighted by Gasteiger charge is -1.99. The Morgan fingerprint density at radius 3 is 3.00 bits per heavy atom. The Kier molecular flexibility index (Phi) is 2.02. The summed E-state index contributed by atoms with van der Waals surface area (Å²) in [5.41, 5.74) is 7.24. The lowest BCUT2D eigenvalue weighted by molar-refractivity contribution is 0.476. The fourth-order valence-corrected chi connectivity index (χ4v) is 2.49. The number of nitrogens with zero attached hydrogens (tertiary/aromatic N) is 1. The number of fused-ring (bicyclic) bond motifs is 1. The Hall–Kier alpha value is -1.73. The maximum absolute atomic E-state index is 9.31. The van der Waals surface area contributed by atoms with Crippen LogP contribution in [-0.2, 0) is 6.42 Å². The van der Waals surface area contributed by atoms with Crippen molar-refractivity contribution in [3.05, 3.63) is 23.1 Å². The van der Waals surface area contributed by atoms with Gasteiger partial charge in [-0.15, -0.1) is 11.3 Å². The number of anilines is 1. The summed E-state index contributed by atoms with van der Waals surface area (Å²) in [5, 5.41) is 20.7. The van der Waals surface area contributed by atoms with Crippen LogP contribution in [0.2, 0.25) is 0 Å². The first-order chi connectivity index (χ1) is 6.72. The Morgan fingerprint density at radius 2 is 2.29 bits per heavy atom. The zero-order valence-corrected chi connectivity index (χ0v) is 8.14. The van der Waals surface area contributed by atoms with E-state index in [0.717, 1.165) is 15.6 Å². The lowest BCUT2D eigenvalue weighted by atomic mass is 10.1. The van der Waals surface area contributed by atoms with Crippen LogP contribution in [0.1, 0.15) is 5.56 Å².